The van der Waals surface area contributed by atoms with Crippen LogP contribution in [0.2, 0.25) is 0 Å². The van der Waals surface area contributed by atoms with Crippen molar-refractivity contribution >= 4 is 26.0 Å². The second kappa shape index (κ2) is 6.37. The minimum atomic E-state index is -3.33. The summed E-state index contributed by atoms with van der Waals surface area (Å²) in [5, 5.41) is 0.932. The highest BCUT2D eigenvalue weighted by Gasteiger charge is 2.35. The zero-order valence-corrected chi connectivity index (χ0v) is 13.6. The number of aryl methyl sites for hydroxylation is 1. The number of nitrogens with zero attached hydrogens (tertiary/aromatic N) is 1. The van der Waals surface area contributed by atoms with Crippen molar-refractivity contribution in [2.24, 2.45) is 0 Å². The molecule has 1 aromatic carbocycles. The topological polar surface area (TPSA) is 37.4 Å². The molecular formula is C14H20BrNO2S. The van der Waals surface area contributed by atoms with Gasteiger partial charge in [0.05, 0.1) is 4.90 Å². The Morgan fingerprint density at radius 3 is 2.79 bits per heavy atom. The van der Waals surface area contributed by atoms with Gasteiger partial charge in [-0.1, -0.05) is 34.1 Å². The van der Waals surface area contributed by atoms with Gasteiger partial charge in [0.1, 0.15) is 0 Å². The molecule has 5 heteroatoms. The van der Waals surface area contributed by atoms with E-state index >= 15 is 0 Å². The fourth-order valence-corrected chi connectivity index (χ4v) is 4.97. The predicted molar refractivity (Wildman–Crippen MR) is 81.1 cm³/mol. The van der Waals surface area contributed by atoms with Gasteiger partial charge >= 0.3 is 0 Å². The summed E-state index contributed by atoms with van der Waals surface area (Å²) >= 11 is 3.42. The van der Waals surface area contributed by atoms with Gasteiger partial charge in [-0.15, -0.1) is 0 Å². The molecule has 0 aliphatic carbocycles. The van der Waals surface area contributed by atoms with E-state index in [9.17, 15) is 8.42 Å². The maximum Gasteiger partial charge on any atom is 0.243 e. The van der Waals surface area contributed by atoms with Crippen LogP contribution in [-0.2, 0) is 10.0 Å². The summed E-state index contributed by atoms with van der Waals surface area (Å²) in [5.41, 5.74) is 0.827. The van der Waals surface area contributed by atoms with E-state index in [1.807, 2.05) is 19.1 Å². The molecule has 3 nitrogen and oxygen atoms in total. The van der Waals surface area contributed by atoms with E-state index in [0.717, 1.165) is 36.6 Å². The van der Waals surface area contributed by atoms with Crippen LogP contribution in [0.25, 0.3) is 0 Å². The van der Waals surface area contributed by atoms with Gasteiger partial charge in [-0.2, -0.15) is 4.31 Å². The molecule has 2 rings (SSSR count). The Hall–Kier alpha value is -0.390. The van der Waals surface area contributed by atoms with Gasteiger partial charge in [0, 0.05) is 17.9 Å². The van der Waals surface area contributed by atoms with Crippen LogP contribution in [0.5, 0.6) is 0 Å². The van der Waals surface area contributed by atoms with Crippen molar-refractivity contribution in [1.29, 1.82) is 0 Å². The second-order valence-corrected chi connectivity index (χ2v) is 7.66. The highest BCUT2D eigenvalue weighted by molar-refractivity contribution is 9.09. The van der Waals surface area contributed by atoms with Gasteiger partial charge in [0.25, 0.3) is 0 Å². The minimum Gasteiger partial charge on any atom is -0.207 e. The standard InChI is InChI=1S/C14H20BrNO2S/c1-12-6-2-3-9-14(12)19(17,18)16-11-5-8-13(16)7-4-10-15/h2-3,6,9,13H,4-5,7-8,10-11H2,1H3. The van der Waals surface area contributed by atoms with Crippen molar-refractivity contribution < 1.29 is 8.42 Å². The third-order valence-electron chi connectivity index (χ3n) is 3.67. The number of hydrogen-bond acceptors (Lipinski definition) is 2. The summed E-state index contributed by atoms with van der Waals surface area (Å²) in [6, 6.07) is 7.41. The van der Waals surface area contributed by atoms with Crippen molar-refractivity contribution in [1.82, 2.24) is 4.31 Å². The Labute approximate surface area is 124 Å². The monoisotopic (exact) mass is 345 g/mol. The summed E-state index contributed by atoms with van der Waals surface area (Å²) < 4.78 is 27.2. The number of benzene rings is 1. The summed E-state index contributed by atoms with van der Waals surface area (Å²) in [4.78, 5) is 0.459. The molecule has 0 amide bonds. The Morgan fingerprint density at radius 2 is 2.11 bits per heavy atom. The molecule has 1 atom stereocenters. The lowest BCUT2D eigenvalue weighted by Gasteiger charge is -2.24. The molecule has 1 aliphatic rings. The molecule has 0 spiro atoms. The maximum absolute atomic E-state index is 12.7. The van der Waals surface area contributed by atoms with Gasteiger partial charge in [0.2, 0.25) is 10.0 Å². The van der Waals surface area contributed by atoms with Crippen molar-refractivity contribution in [3.8, 4) is 0 Å². The number of sulfonamides is 1. The molecule has 0 saturated carbocycles. The molecule has 1 aromatic rings. The van der Waals surface area contributed by atoms with Crippen LogP contribution in [-0.4, -0.2) is 30.6 Å². The van der Waals surface area contributed by atoms with Gasteiger partial charge in [0.15, 0.2) is 0 Å². The summed E-state index contributed by atoms with van der Waals surface area (Å²) in [6.07, 6.45) is 3.91. The van der Waals surface area contributed by atoms with Crippen molar-refractivity contribution in [3.63, 3.8) is 0 Å². The lowest BCUT2D eigenvalue weighted by Crippen LogP contribution is -2.35. The first kappa shape index (κ1) is 15.0. The molecule has 0 N–H and O–H groups in total. The molecule has 106 valence electrons. The Bertz CT molecular complexity index is 530. The molecule has 1 heterocycles. The van der Waals surface area contributed by atoms with Crippen LogP contribution in [0.15, 0.2) is 29.2 Å². The average Bonchev–Trinajstić information content (AvgIpc) is 2.85. The lowest BCUT2D eigenvalue weighted by atomic mass is 10.1. The van der Waals surface area contributed by atoms with E-state index in [1.165, 1.54) is 0 Å². The van der Waals surface area contributed by atoms with E-state index in [4.69, 9.17) is 0 Å². The highest BCUT2D eigenvalue weighted by Crippen LogP contribution is 2.29. The first-order chi connectivity index (χ1) is 9.07. The number of halogens is 1. The van der Waals surface area contributed by atoms with Crippen LogP contribution in [0.4, 0.5) is 0 Å². The number of hydrogen-bond donors (Lipinski definition) is 0. The first-order valence-corrected chi connectivity index (χ1v) is 9.27. The van der Waals surface area contributed by atoms with Crippen LogP contribution in [0.3, 0.4) is 0 Å². The van der Waals surface area contributed by atoms with Gasteiger partial charge in [-0.3, -0.25) is 0 Å². The largest absolute Gasteiger partial charge is 0.243 e. The fourth-order valence-electron chi connectivity index (χ4n) is 2.70. The average molecular weight is 346 g/mol. The third-order valence-corrected chi connectivity index (χ3v) is 6.35. The molecular weight excluding hydrogens is 326 g/mol. The molecule has 1 aliphatic heterocycles. The van der Waals surface area contributed by atoms with Crippen molar-refractivity contribution in [2.75, 3.05) is 11.9 Å². The quantitative estimate of drug-likeness (QED) is 0.767. The summed E-state index contributed by atoms with van der Waals surface area (Å²) in [6.45, 7) is 2.51. The molecule has 0 aromatic heterocycles. The normalized spacial score (nSPS) is 20.8. The van der Waals surface area contributed by atoms with Crippen molar-refractivity contribution in [3.05, 3.63) is 29.8 Å². The Kier molecular flexibility index (Phi) is 5.03. The van der Waals surface area contributed by atoms with E-state index in [1.54, 1.807) is 16.4 Å². The summed E-state index contributed by atoms with van der Waals surface area (Å²) in [5.74, 6) is 0. The molecule has 0 radical (unpaired) electrons. The van der Waals surface area contributed by atoms with Crippen LogP contribution < -0.4 is 0 Å². The van der Waals surface area contributed by atoms with Crippen molar-refractivity contribution in [2.45, 2.75) is 43.5 Å². The molecule has 19 heavy (non-hydrogen) atoms. The van der Waals surface area contributed by atoms with Gasteiger partial charge < -0.3 is 0 Å². The van der Waals surface area contributed by atoms with E-state index in [0.29, 0.717) is 11.4 Å². The summed E-state index contributed by atoms with van der Waals surface area (Å²) in [7, 11) is -3.33. The SMILES string of the molecule is Cc1ccccc1S(=O)(=O)N1CCCC1CCCBr. The molecule has 1 saturated heterocycles. The zero-order chi connectivity index (χ0) is 13.9. The van der Waals surface area contributed by atoms with Crippen LogP contribution >= 0.6 is 15.9 Å². The molecule has 1 fully saturated rings. The smallest absolute Gasteiger partial charge is 0.207 e. The highest BCUT2D eigenvalue weighted by atomic mass is 79.9. The molecule has 1 unspecified atom stereocenters. The number of rotatable bonds is 5. The van der Waals surface area contributed by atoms with Gasteiger partial charge in [-0.05, 0) is 44.2 Å². The van der Waals surface area contributed by atoms with E-state index in [-0.39, 0.29) is 6.04 Å². The number of alkyl halides is 1. The predicted octanol–water partition coefficient (Wildman–Crippen LogP) is 3.32. The zero-order valence-electron chi connectivity index (χ0n) is 11.2. The second-order valence-electron chi connectivity index (χ2n) is 5.01. The Morgan fingerprint density at radius 1 is 1.37 bits per heavy atom. The Balaban J connectivity index is 2.26. The van der Waals surface area contributed by atoms with Gasteiger partial charge in [-0.25, -0.2) is 8.42 Å². The van der Waals surface area contributed by atoms with Crippen LogP contribution in [0.1, 0.15) is 31.2 Å². The first-order valence-electron chi connectivity index (χ1n) is 6.71. The van der Waals surface area contributed by atoms with E-state index in [2.05, 4.69) is 15.9 Å². The maximum atomic E-state index is 12.7. The lowest BCUT2D eigenvalue weighted by molar-refractivity contribution is 0.369. The molecule has 0 bridgehead atoms. The fraction of sp³-hybridized carbons (Fsp3) is 0.571. The minimum absolute atomic E-state index is 0.169. The van der Waals surface area contributed by atoms with E-state index < -0.39 is 10.0 Å². The van der Waals surface area contributed by atoms with Crippen LogP contribution in [0, 0.1) is 6.92 Å². The third kappa shape index (κ3) is 3.20.